The van der Waals surface area contributed by atoms with Gasteiger partial charge in [0.1, 0.15) is 5.82 Å². The highest BCUT2D eigenvalue weighted by Crippen LogP contribution is 2.36. The maximum absolute atomic E-state index is 13.8. The van der Waals surface area contributed by atoms with E-state index in [0.29, 0.717) is 12.0 Å². The van der Waals surface area contributed by atoms with Gasteiger partial charge in [-0.15, -0.1) is 0 Å². The van der Waals surface area contributed by atoms with E-state index in [0.717, 1.165) is 30.2 Å². The summed E-state index contributed by atoms with van der Waals surface area (Å²) in [6.07, 6.45) is 4.76. The molecule has 100 valence electrons. The monoisotopic (exact) mass is 315 g/mol. The second-order valence-electron chi connectivity index (χ2n) is 5.02. The molecule has 0 spiro atoms. The van der Waals surface area contributed by atoms with Crippen LogP contribution in [0.3, 0.4) is 0 Å². The topological polar surface area (TPSA) is 35.2 Å². The lowest BCUT2D eigenvalue weighted by Crippen LogP contribution is -2.48. The summed E-state index contributed by atoms with van der Waals surface area (Å²) < 4.78 is 20.2. The molecule has 1 unspecified atom stereocenters. The standard InChI is InChI=1S/C14H19BrFNO/c1-18-14(6-2-3-7-14)13(17)8-10-4-5-11(15)9-12(10)16/h4-5,9,13H,2-3,6-8,17H2,1H3. The van der Waals surface area contributed by atoms with Gasteiger partial charge in [0.15, 0.2) is 0 Å². The van der Waals surface area contributed by atoms with E-state index >= 15 is 0 Å². The molecule has 1 aliphatic carbocycles. The van der Waals surface area contributed by atoms with E-state index in [2.05, 4.69) is 15.9 Å². The number of benzene rings is 1. The smallest absolute Gasteiger partial charge is 0.127 e. The fourth-order valence-corrected chi connectivity index (χ4v) is 3.14. The molecular weight excluding hydrogens is 297 g/mol. The van der Waals surface area contributed by atoms with E-state index in [4.69, 9.17) is 10.5 Å². The Kier molecular flexibility index (Phi) is 4.41. The van der Waals surface area contributed by atoms with E-state index in [1.54, 1.807) is 13.2 Å². The summed E-state index contributed by atoms with van der Waals surface area (Å²) in [5.41, 5.74) is 6.66. The van der Waals surface area contributed by atoms with Crippen LogP contribution in [0.4, 0.5) is 4.39 Å². The lowest BCUT2D eigenvalue weighted by atomic mass is 9.88. The molecule has 1 fully saturated rings. The Labute approximate surface area is 116 Å². The first-order valence-corrected chi connectivity index (χ1v) is 7.11. The minimum atomic E-state index is -0.264. The summed E-state index contributed by atoms with van der Waals surface area (Å²) in [5.74, 6) is -0.205. The molecule has 18 heavy (non-hydrogen) atoms. The van der Waals surface area contributed by atoms with Gasteiger partial charge in [-0.2, -0.15) is 0 Å². The van der Waals surface area contributed by atoms with Crippen LogP contribution < -0.4 is 5.73 Å². The van der Waals surface area contributed by atoms with Crippen molar-refractivity contribution >= 4 is 15.9 Å². The Balaban J connectivity index is 2.12. The Morgan fingerprint density at radius 2 is 2.11 bits per heavy atom. The molecule has 2 nitrogen and oxygen atoms in total. The van der Waals surface area contributed by atoms with Crippen LogP contribution >= 0.6 is 15.9 Å². The molecule has 4 heteroatoms. The van der Waals surface area contributed by atoms with E-state index in [9.17, 15) is 4.39 Å². The van der Waals surface area contributed by atoms with Gasteiger partial charge in [0.25, 0.3) is 0 Å². The van der Waals surface area contributed by atoms with Crippen molar-refractivity contribution in [2.75, 3.05) is 7.11 Å². The van der Waals surface area contributed by atoms with Crippen LogP contribution in [0.5, 0.6) is 0 Å². The van der Waals surface area contributed by atoms with Crippen LogP contribution in [-0.2, 0) is 11.2 Å². The van der Waals surface area contributed by atoms with Crippen molar-refractivity contribution in [2.24, 2.45) is 5.73 Å². The van der Waals surface area contributed by atoms with Crippen molar-refractivity contribution in [3.8, 4) is 0 Å². The van der Waals surface area contributed by atoms with Gasteiger partial charge in [-0.1, -0.05) is 34.8 Å². The zero-order valence-corrected chi connectivity index (χ0v) is 12.2. The van der Waals surface area contributed by atoms with Crippen LogP contribution in [-0.4, -0.2) is 18.8 Å². The third kappa shape index (κ3) is 2.76. The Bertz CT molecular complexity index is 418. The molecule has 2 rings (SSSR count). The maximum Gasteiger partial charge on any atom is 0.127 e. The van der Waals surface area contributed by atoms with Gasteiger partial charge in [-0.25, -0.2) is 4.39 Å². The van der Waals surface area contributed by atoms with E-state index in [1.165, 1.54) is 6.07 Å². The van der Waals surface area contributed by atoms with Crippen molar-refractivity contribution in [3.05, 3.63) is 34.1 Å². The third-order valence-electron chi connectivity index (χ3n) is 3.99. The molecule has 1 aliphatic rings. The Morgan fingerprint density at radius 3 is 2.67 bits per heavy atom. The van der Waals surface area contributed by atoms with Crippen LogP contribution in [0.25, 0.3) is 0 Å². The van der Waals surface area contributed by atoms with Crippen molar-refractivity contribution in [2.45, 2.75) is 43.7 Å². The summed E-state index contributed by atoms with van der Waals surface area (Å²) in [4.78, 5) is 0. The number of methoxy groups -OCH3 is 1. The average Bonchev–Trinajstić information content (AvgIpc) is 2.82. The molecule has 1 aromatic carbocycles. The van der Waals surface area contributed by atoms with Gasteiger partial charge in [0.05, 0.1) is 5.60 Å². The summed E-state index contributed by atoms with van der Waals surface area (Å²) in [5, 5.41) is 0. The number of hydrogen-bond donors (Lipinski definition) is 1. The molecule has 2 N–H and O–H groups in total. The molecule has 0 aromatic heterocycles. The first-order valence-electron chi connectivity index (χ1n) is 6.32. The van der Waals surface area contributed by atoms with Crippen LogP contribution in [0.2, 0.25) is 0 Å². The predicted octanol–water partition coefficient (Wildman–Crippen LogP) is 3.42. The van der Waals surface area contributed by atoms with Crippen molar-refractivity contribution < 1.29 is 9.13 Å². The second kappa shape index (κ2) is 5.68. The van der Waals surface area contributed by atoms with Gasteiger partial charge in [-0.3, -0.25) is 0 Å². The fraction of sp³-hybridized carbons (Fsp3) is 0.571. The molecule has 0 aliphatic heterocycles. The molecule has 1 aromatic rings. The van der Waals surface area contributed by atoms with E-state index < -0.39 is 0 Å². The van der Waals surface area contributed by atoms with Crippen molar-refractivity contribution in [1.29, 1.82) is 0 Å². The zero-order chi connectivity index (χ0) is 13.2. The number of nitrogens with two attached hydrogens (primary N) is 1. The highest BCUT2D eigenvalue weighted by Gasteiger charge is 2.39. The number of ether oxygens (including phenoxy) is 1. The normalized spacial score (nSPS) is 20.0. The highest BCUT2D eigenvalue weighted by molar-refractivity contribution is 9.10. The van der Waals surface area contributed by atoms with Crippen LogP contribution in [0, 0.1) is 5.82 Å². The molecule has 1 atom stereocenters. The first kappa shape index (κ1) is 14.0. The van der Waals surface area contributed by atoms with Gasteiger partial charge in [0, 0.05) is 17.6 Å². The van der Waals surface area contributed by atoms with Crippen LogP contribution in [0.1, 0.15) is 31.2 Å². The number of halogens is 2. The lowest BCUT2D eigenvalue weighted by Gasteiger charge is -2.34. The lowest BCUT2D eigenvalue weighted by molar-refractivity contribution is -0.0255. The molecule has 0 radical (unpaired) electrons. The SMILES string of the molecule is COC1(C(N)Cc2ccc(Br)cc2F)CCCC1. The predicted molar refractivity (Wildman–Crippen MR) is 74.0 cm³/mol. The maximum atomic E-state index is 13.8. The van der Waals surface area contributed by atoms with Gasteiger partial charge in [0.2, 0.25) is 0 Å². The molecule has 1 saturated carbocycles. The average molecular weight is 316 g/mol. The minimum absolute atomic E-state index is 0.152. The van der Waals surface area contributed by atoms with E-state index in [1.807, 2.05) is 6.07 Å². The quantitative estimate of drug-likeness (QED) is 0.924. The number of rotatable bonds is 4. The molecule has 0 bridgehead atoms. The largest absolute Gasteiger partial charge is 0.377 e. The van der Waals surface area contributed by atoms with Crippen molar-refractivity contribution in [1.82, 2.24) is 0 Å². The molecule has 0 amide bonds. The molecular formula is C14H19BrFNO. The molecule has 0 saturated heterocycles. The fourth-order valence-electron chi connectivity index (χ4n) is 2.81. The van der Waals surface area contributed by atoms with Crippen LogP contribution in [0.15, 0.2) is 22.7 Å². The summed E-state index contributed by atoms with van der Waals surface area (Å²) in [7, 11) is 1.71. The van der Waals surface area contributed by atoms with Gasteiger partial charge >= 0.3 is 0 Å². The second-order valence-corrected chi connectivity index (χ2v) is 5.94. The summed E-state index contributed by atoms with van der Waals surface area (Å²) in [6.45, 7) is 0. The first-order chi connectivity index (χ1) is 8.57. The van der Waals surface area contributed by atoms with E-state index in [-0.39, 0.29) is 17.5 Å². The third-order valence-corrected chi connectivity index (χ3v) is 4.48. The summed E-state index contributed by atoms with van der Waals surface area (Å²) in [6, 6.07) is 4.97. The minimum Gasteiger partial charge on any atom is -0.377 e. The van der Waals surface area contributed by atoms with Gasteiger partial charge in [-0.05, 0) is 37.0 Å². The van der Waals surface area contributed by atoms with Crippen molar-refractivity contribution in [3.63, 3.8) is 0 Å². The van der Waals surface area contributed by atoms with Gasteiger partial charge < -0.3 is 10.5 Å². The molecule has 0 heterocycles. The Morgan fingerprint density at radius 1 is 1.44 bits per heavy atom. The summed E-state index contributed by atoms with van der Waals surface area (Å²) >= 11 is 3.26. The highest BCUT2D eigenvalue weighted by atomic mass is 79.9. The number of hydrogen-bond acceptors (Lipinski definition) is 2. The Hall–Kier alpha value is -0.450. The zero-order valence-electron chi connectivity index (χ0n) is 10.6.